The first-order valence-corrected chi connectivity index (χ1v) is 6.68. The van der Waals surface area contributed by atoms with Gasteiger partial charge in [-0.05, 0) is 36.6 Å². The maximum Gasteiger partial charge on any atom is 0.126 e. The van der Waals surface area contributed by atoms with E-state index in [1.54, 1.807) is 6.07 Å². The zero-order chi connectivity index (χ0) is 13.7. The molecule has 1 N–H and O–H groups in total. The highest BCUT2D eigenvalue weighted by molar-refractivity contribution is 5.24. The van der Waals surface area contributed by atoms with Gasteiger partial charge in [0, 0.05) is 6.04 Å². The standard InChI is InChI=1S/C17H20FN/c1-13(14-8-4-3-5-9-14)17(19-2)12-15-10-6-7-11-16(15)18/h3-11,13,17,19H,12H2,1-2H3. The van der Waals surface area contributed by atoms with Gasteiger partial charge in [-0.3, -0.25) is 0 Å². The van der Waals surface area contributed by atoms with Crippen molar-refractivity contribution in [3.05, 3.63) is 71.5 Å². The number of hydrogen-bond acceptors (Lipinski definition) is 1. The summed E-state index contributed by atoms with van der Waals surface area (Å²) in [7, 11) is 1.94. The highest BCUT2D eigenvalue weighted by atomic mass is 19.1. The molecule has 0 aromatic heterocycles. The van der Waals surface area contributed by atoms with Gasteiger partial charge in [0.15, 0.2) is 0 Å². The molecule has 19 heavy (non-hydrogen) atoms. The Morgan fingerprint density at radius 3 is 2.26 bits per heavy atom. The summed E-state index contributed by atoms with van der Waals surface area (Å²) in [5, 5.41) is 3.31. The van der Waals surface area contributed by atoms with Crippen molar-refractivity contribution >= 4 is 0 Å². The van der Waals surface area contributed by atoms with Crippen molar-refractivity contribution < 1.29 is 4.39 Å². The summed E-state index contributed by atoms with van der Waals surface area (Å²) in [6.45, 7) is 2.18. The SMILES string of the molecule is CNC(Cc1ccccc1F)C(C)c1ccccc1. The molecule has 100 valence electrons. The van der Waals surface area contributed by atoms with Crippen molar-refractivity contribution in [3.8, 4) is 0 Å². The molecule has 2 aromatic carbocycles. The minimum Gasteiger partial charge on any atom is -0.316 e. The third-order valence-electron chi connectivity index (χ3n) is 3.70. The van der Waals surface area contributed by atoms with E-state index in [0.717, 1.165) is 5.56 Å². The number of nitrogens with one attached hydrogen (secondary N) is 1. The molecule has 2 aromatic rings. The Hall–Kier alpha value is -1.67. The number of hydrogen-bond donors (Lipinski definition) is 1. The highest BCUT2D eigenvalue weighted by Crippen LogP contribution is 2.22. The quantitative estimate of drug-likeness (QED) is 0.860. The average Bonchev–Trinajstić information content (AvgIpc) is 2.47. The molecule has 0 aliphatic rings. The van der Waals surface area contributed by atoms with Crippen LogP contribution in [0.15, 0.2) is 54.6 Å². The van der Waals surface area contributed by atoms with Gasteiger partial charge in [-0.25, -0.2) is 4.39 Å². The Morgan fingerprint density at radius 1 is 1.00 bits per heavy atom. The predicted octanol–water partition coefficient (Wildman–Crippen LogP) is 3.76. The Morgan fingerprint density at radius 2 is 1.63 bits per heavy atom. The first-order chi connectivity index (χ1) is 9.22. The molecule has 0 amide bonds. The summed E-state index contributed by atoms with van der Waals surface area (Å²) >= 11 is 0. The van der Waals surface area contributed by atoms with Gasteiger partial charge < -0.3 is 5.32 Å². The molecule has 0 aliphatic carbocycles. The lowest BCUT2D eigenvalue weighted by Crippen LogP contribution is -2.33. The third-order valence-corrected chi connectivity index (χ3v) is 3.70. The lowest BCUT2D eigenvalue weighted by Gasteiger charge is -2.24. The Balaban J connectivity index is 2.15. The Kier molecular flexibility index (Phi) is 4.69. The second-order valence-electron chi connectivity index (χ2n) is 4.89. The minimum absolute atomic E-state index is 0.122. The molecule has 0 bridgehead atoms. The summed E-state index contributed by atoms with van der Waals surface area (Å²) in [6.07, 6.45) is 0.694. The van der Waals surface area contributed by atoms with E-state index in [1.165, 1.54) is 11.6 Å². The molecule has 0 radical (unpaired) electrons. The van der Waals surface area contributed by atoms with Gasteiger partial charge >= 0.3 is 0 Å². The van der Waals surface area contributed by atoms with Crippen molar-refractivity contribution in [2.24, 2.45) is 0 Å². The van der Waals surface area contributed by atoms with Gasteiger partial charge in [0.05, 0.1) is 0 Å². The molecule has 2 unspecified atom stereocenters. The molecule has 1 nitrogen and oxygen atoms in total. The second kappa shape index (κ2) is 6.48. The van der Waals surface area contributed by atoms with Crippen LogP contribution in [0.2, 0.25) is 0 Å². The molecule has 2 rings (SSSR count). The fraction of sp³-hybridized carbons (Fsp3) is 0.294. The van der Waals surface area contributed by atoms with Crippen LogP contribution in [-0.4, -0.2) is 13.1 Å². The first-order valence-electron chi connectivity index (χ1n) is 6.68. The second-order valence-corrected chi connectivity index (χ2v) is 4.89. The minimum atomic E-state index is -0.122. The van der Waals surface area contributed by atoms with Gasteiger partial charge in [0.25, 0.3) is 0 Å². The van der Waals surface area contributed by atoms with Crippen molar-refractivity contribution in [3.63, 3.8) is 0 Å². The van der Waals surface area contributed by atoms with Crippen molar-refractivity contribution in [2.45, 2.75) is 25.3 Å². The van der Waals surface area contributed by atoms with Crippen LogP contribution in [0, 0.1) is 5.82 Å². The summed E-state index contributed by atoms with van der Waals surface area (Å²) in [5.74, 6) is 0.216. The molecular weight excluding hydrogens is 237 g/mol. The summed E-state index contributed by atoms with van der Waals surface area (Å²) in [5.41, 5.74) is 2.04. The largest absolute Gasteiger partial charge is 0.316 e. The summed E-state index contributed by atoms with van der Waals surface area (Å²) in [4.78, 5) is 0. The van der Waals surface area contributed by atoms with Gasteiger partial charge in [-0.15, -0.1) is 0 Å². The van der Waals surface area contributed by atoms with Crippen molar-refractivity contribution in [1.29, 1.82) is 0 Å². The third kappa shape index (κ3) is 3.42. The normalized spacial score (nSPS) is 14.1. The molecule has 0 heterocycles. The van der Waals surface area contributed by atoms with E-state index in [9.17, 15) is 4.39 Å². The zero-order valence-corrected chi connectivity index (χ0v) is 11.4. The molecule has 2 atom stereocenters. The van der Waals surface area contributed by atoms with Gasteiger partial charge in [0.1, 0.15) is 5.82 Å². The fourth-order valence-corrected chi connectivity index (χ4v) is 2.42. The van der Waals surface area contributed by atoms with Crippen LogP contribution < -0.4 is 5.32 Å². The highest BCUT2D eigenvalue weighted by Gasteiger charge is 2.18. The van der Waals surface area contributed by atoms with E-state index in [0.29, 0.717) is 12.3 Å². The summed E-state index contributed by atoms with van der Waals surface area (Å²) < 4.78 is 13.7. The van der Waals surface area contributed by atoms with Gasteiger partial charge in [-0.2, -0.15) is 0 Å². The molecule has 0 spiro atoms. The van der Waals surface area contributed by atoms with Crippen LogP contribution in [0.5, 0.6) is 0 Å². The Labute approximate surface area is 114 Å². The van der Waals surface area contributed by atoms with E-state index in [4.69, 9.17) is 0 Å². The predicted molar refractivity (Wildman–Crippen MR) is 77.8 cm³/mol. The van der Waals surface area contributed by atoms with Crippen molar-refractivity contribution in [1.82, 2.24) is 5.32 Å². The van der Waals surface area contributed by atoms with Crippen LogP contribution in [0.4, 0.5) is 4.39 Å². The number of rotatable bonds is 5. The molecular formula is C17H20FN. The topological polar surface area (TPSA) is 12.0 Å². The lowest BCUT2D eigenvalue weighted by molar-refractivity contribution is 0.472. The molecule has 0 saturated heterocycles. The maximum absolute atomic E-state index is 13.7. The number of halogens is 1. The zero-order valence-electron chi connectivity index (χ0n) is 11.4. The van der Waals surface area contributed by atoms with Gasteiger partial charge in [0.2, 0.25) is 0 Å². The molecule has 0 saturated carbocycles. The fourth-order valence-electron chi connectivity index (χ4n) is 2.42. The van der Waals surface area contributed by atoms with E-state index < -0.39 is 0 Å². The lowest BCUT2D eigenvalue weighted by atomic mass is 9.89. The monoisotopic (exact) mass is 257 g/mol. The van der Waals surface area contributed by atoms with E-state index in [2.05, 4.69) is 24.4 Å². The Bertz CT molecular complexity index is 510. The summed E-state index contributed by atoms with van der Waals surface area (Å²) in [6, 6.07) is 17.6. The number of benzene rings is 2. The van der Waals surface area contributed by atoms with Crippen LogP contribution in [0.1, 0.15) is 24.0 Å². The van der Waals surface area contributed by atoms with E-state index >= 15 is 0 Å². The van der Waals surface area contributed by atoms with E-state index in [1.807, 2.05) is 37.4 Å². The van der Waals surface area contributed by atoms with Crippen LogP contribution in [-0.2, 0) is 6.42 Å². The smallest absolute Gasteiger partial charge is 0.126 e. The van der Waals surface area contributed by atoms with E-state index in [-0.39, 0.29) is 11.9 Å². The van der Waals surface area contributed by atoms with Crippen LogP contribution in [0.25, 0.3) is 0 Å². The number of likely N-dealkylation sites (N-methyl/N-ethyl adjacent to an activating group) is 1. The maximum atomic E-state index is 13.7. The van der Waals surface area contributed by atoms with Gasteiger partial charge in [-0.1, -0.05) is 55.5 Å². The average molecular weight is 257 g/mol. The molecule has 0 aliphatic heterocycles. The van der Waals surface area contributed by atoms with Crippen LogP contribution in [0.3, 0.4) is 0 Å². The van der Waals surface area contributed by atoms with Crippen LogP contribution >= 0.6 is 0 Å². The first kappa shape index (κ1) is 13.8. The molecule has 0 fully saturated rings. The van der Waals surface area contributed by atoms with Crippen molar-refractivity contribution in [2.75, 3.05) is 7.05 Å². The molecule has 2 heteroatoms.